The van der Waals surface area contributed by atoms with E-state index in [-0.39, 0.29) is 17.0 Å². The van der Waals surface area contributed by atoms with Gasteiger partial charge in [-0.3, -0.25) is 0 Å². The van der Waals surface area contributed by atoms with Crippen LogP contribution in [0, 0.1) is 5.82 Å². The number of nitrogens with two attached hydrogens (primary N) is 1. The van der Waals surface area contributed by atoms with Crippen LogP contribution in [-0.4, -0.2) is 31.4 Å². The van der Waals surface area contributed by atoms with Gasteiger partial charge in [-0.15, -0.1) is 0 Å². The summed E-state index contributed by atoms with van der Waals surface area (Å²) in [5.74, 6) is -0.568. The fraction of sp³-hybridized carbons (Fsp3) is 0.538. The van der Waals surface area contributed by atoms with Crippen LogP contribution in [0.25, 0.3) is 0 Å². The van der Waals surface area contributed by atoms with Crippen LogP contribution >= 0.6 is 15.9 Å². The first-order valence-electron chi connectivity index (χ1n) is 6.56. The largest absolute Gasteiger partial charge is 0.326 e. The summed E-state index contributed by atoms with van der Waals surface area (Å²) >= 11 is 3.19. The minimum absolute atomic E-state index is 0.0370. The average molecular weight is 365 g/mol. The summed E-state index contributed by atoms with van der Waals surface area (Å²) in [5, 5.41) is 0. The Morgan fingerprint density at radius 2 is 2.15 bits per heavy atom. The molecule has 1 fully saturated rings. The Morgan fingerprint density at radius 1 is 1.45 bits per heavy atom. The van der Waals surface area contributed by atoms with Gasteiger partial charge in [-0.25, -0.2) is 12.8 Å². The number of rotatable bonds is 3. The number of benzene rings is 1. The molecule has 0 unspecified atom stereocenters. The summed E-state index contributed by atoms with van der Waals surface area (Å²) in [6, 6.07) is 3.20. The first kappa shape index (κ1) is 15.9. The van der Waals surface area contributed by atoms with Crippen molar-refractivity contribution in [2.24, 2.45) is 5.73 Å². The SMILES string of the molecule is C[C@@H](N)[C@@H]1CCCCN1S(=O)(=O)c1cc(F)ccc1Br. The molecule has 1 saturated heterocycles. The highest BCUT2D eigenvalue weighted by Crippen LogP contribution is 2.31. The number of hydrogen-bond acceptors (Lipinski definition) is 3. The Kier molecular flexibility index (Phi) is 4.84. The molecule has 0 aromatic heterocycles. The van der Waals surface area contributed by atoms with E-state index < -0.39 is 15.8 Å². The maximum Gasteiger partial charge on any atom is 0.244 e. The molecule has 1 aromatic rings. The quantitative estimate of drug-likeness (QED) is 0.895. The van der Waals surface area contributed by atoms with Gasteiger partial charge < -0.3 is 5.73 Å². The highest BCUT2D eigenvalue weighted by molar-refractivity contribution is 9.10. The molecule has 1 heterocycles. The fourth-order valence-electron chi connectivity index (χ4n) is 2.56. The Balaban J connectivity index is 2.45. The predicted octanol–water partition coefficient (Wildman–Crippen LogP) is 2.48. The molecule has 1 aromatic carbocycles. The van der Waals surface area contributed by atoms with E-state index in [2.05, 4.69) is 15.9 Å². The van der Waals surface area contributed by atoms with Crippen molar-refractivity contribution in [3.05, 3.63) is 28.5 Å². The molecule has 0 saturated carbocycles. The monoisotopic (exact) mass is 364 g/mol. The Morgan fingerprint density at radius 3 is 2.80 bits per heavy atom. The number of hydrogen-bond donors (Lipinski definition) is 1. The van der Waals surface area contributed by atoms with E-state index in [4.69, 9.17) is 5.73 Å². The molecule has 2 N–H and O–H groups in total. The molecule has 0 amide bonds. The third-order valence-corrected chi connectivity index (χ3v) is 6.50. The summed E-state index contributed by atoms with van der Waals surface area (Å²) in [5.41, 5.74) is 5.91. The molecule has 112 valence electrons. The summed E-state index contributed by atoms with van der Waals surface area (Å²) in [6.07, 6.45) is 2.50. The summed E-state index contributed by atoms with van der Waals surface area (Å²) in [6.45, 7) is 2.23. The summed E-state index contributed by atoms with van der Waals surface area (Å²) < 4.78 is 40.7. The minimum atomic E-state index is -3.74. The lowest BCUT2D eigenvalue weighted by Gasteiger charge is -2.37. The molecule has 1 aliphatic rings. The first-order chi connectivity index (χ1) is 9.34. The highest BCUT2D eigenvalue weighted by Gasteiger charge is 2.36. The zero-order valence-corrected chi connectivity index (χ0v) is 13.6. The van der Waals surface area contributed by atoms with Crippen molar-refractivity contribution in [1.29, 1.82) is 0 Å². The maximum absolute atomic E-state index is 13.4. The molecule has 1 aliphatic heterocycles. The number of piperidine rings is 1. The van der Waals surface area contributed by atoms with E-state index in [1.165, 1.54) is 16.4 Å². The van der Waals surface area contributed by atoms with Crippen LogP contribution in [0.1, 0.15) is 26.2 Å². The van der Waals surface area contributed by atoms with Crippen LogP contribution < -0.4 is 5.73 Å². The molecule has 20 heavy (non-hydrogen) atoms. The number of nitrogens with zero attached hydrogens (tertiary/aromatic N) is 1. The molecule has 2 atom stereocenters. The van der Waals surface area contributed by atoms with Crippen molar-refractivity contribution < 1.29 is 12.8 Å². The Labute approximate surface area is 127 Å². The van der Waals surface area contributed by atoms with Crippen molar-refractivity contribution in [2.75, 3.05) is 6.54 Å². The van der Waals surface area contributed by atoms with Crippen LogP contribution in [-0.2, 0) is 10.0 Å². The van der Waals surface area contributed by atoms with Gasteiger partial charge in [0.2, 0.25) is 10.0 Å². The number of halogens is 2. The van der Waals surface area contributed by atoms with Crippen molar-refractivity contribution >= 4 is 26.0 Å². The fourth-order valence-corrected chi connectivity index (χ4v) is 5.27. The zero-order chi connectivity index (χ0) is 14.9. The molecule has 0 aliphatic carbocycles. The second-order valence-corrected chi connectivity index (χ2v) is 7.83. The van der Waals surface area contributed by atoms with Crippen molar-refractivity contribution in [2.45, 2.75) is 43.2 Å². The standard InChI is InChI=1S/C13H18BrFN2O2S/c1-9(16)12-4-2-3-7-17(12)20(18,19)13-8-10(15)5-6-11(13)14/h5-6,8-9,12H,2-4,7,16H2,1H3/t9-,12+/m1/s1. The first-order valence-corrected chi connectivity index (χ1v) is 8.80. The van der Waals surface area contributed by atoms with Crippen LogP contribution in [0.2, 0.25) is 0 Å². The molecule has 7 heteroatoms. The third kappa shape index (κ3) is 3.05. The molecule has 0 radical (unpaired) electrons. The van der Waals surface area contributed by atoms with Crippen LogP contribution in [0.5, 0.6) is 0 Å². The second kappa shape index (κ2) is 6.09. The molecule has 4 nitrogen and oxygen atoms in total. The van der Waals surface area contributed by atoms with Crippen LogP contribution in [0.15, 0.2) is 27.6 Å². The van der Waals surface area contributed by atoms with E-state index in [9.17, 15) is 12.8 Å². The summed E-state index contributed by atoms with van der Waals surface area (Å²) in [7, 11) is -3.74. The van der Waals surface area contributed by atoms with E-state index in [1.54, 1.807) is 6.92 Å². The second-order valence-electron chi connectivity index (χ2n) is 5.11. The van der Waals surface area contributed by atoms with Crippen molar-refractivity contribution in [1.82, 2.24) is 4.31 Å². The van der Waals surface area contributed by atoms with Gasteiger partial charge in [-0.05, 0) is 53.9 Å². The molecule has 2 rings (SSSR count). The topological polar surface area (TPSA) is 63.4 Å². The highest BCUT2D eigenvalue weighted by atomic mass is 79.9. The minimum Gasteiger partial charge on any atom is -0.326 e. The third-order valence-electron chi connectivity index (χ3n) is 3.59. The van der Waals surface area contributed by atoms with Gasteiger partial charge in [-0.1, -0.05) is 6.42 Å². The normalized spacial score (nSPS) is 22.7. The van der Waals surface area contributed by atoms with Gasteiger partial charge in [-0.2, -0.15) is 4.31 Å². The maximum atomic E-state index is 13.4. The lowest BCUT2D eigenvalue weighted by molar-refractivity contribution is 0.227. The van der Waals surface area contributed by atoms with Gasteiger partial charge in [0, 0.05) is 23.1 Å². The van der Waals surface area contributed by atoms with E-state index >= 15 is 0 Å². The van der Waals surface area contributed by atoms with E-state index in [0.717, 1.165) is 25.3 Å². The predicted molar refractivity (Wildman–Crippen MR) is 79.3 cm³/mol. The van der Waals surface area contributed by atoms with Gasteiger partial charge in [0.15, 0.2) is 0 Å². The van der Waals surface area contributed by atoms with Gasteiger partial charge >= 0.3 is 0 Å². The van der Waals surface area contributed by atoms with Crippen molar-refractivity contribution in [3.8, 4) is 0 Å². The van der Waals surface area contributed by atoms with Gasteiger partial charge in [0.1, 0.15) is 5.82 Å². The molecular formula is C13H18BrFN2O2S. The van der Waals surface area contributed by atoms with Gasteiger partial charge in [0.25, 0.3) is 0 Å². The van der Waals surface area contributed by atoms with E-state index in [0.29, 0.717) is 11.0 Å². The van der Waals surface area contributed by atoms with Crippen LogP contribution in [0.4, 0.5) is 4.39 Å². The Hall–Kier alpha value is -0.500. The van der Waals surface area contributed by atoms with Crippen LogP contribution in [0.3, 0.4) is 0 Å². The smallest absolute Gasteiger partial charge is 0.244 e. The molecular weight excluding hydrogens is 347 g/mol. The number of sulfonamides is 1. The lowest BCUT2D eigenvalue weighted by Crippen LogP contribution is -2.51. The lowest BCUT2D eigenvalue weighted by atomic mass is 10.00. The van der Waals surface area contributed by atoms with E-state index in [1.807, 2.05) is 0 Å². The Bertz CT molecular complexity index is 592. The summed E-state index contributed by atoms with van der Waals surface area (Å²) in [4.78, 5) is -0.0370. The van der Waals surface area contributed by atoms with Crippen molar-refractivity contribution in [3.63, 3.8) is 0 Å². The molecule has 0 spiro atoms. The zero-order valence-electron chi connectivity index (χ0n) is 11.2. The average Bonchev–Trinajstić information content (AvgIpc) is 2.41. The molecule has 0 bridgehead atoms. The van der Waals surface area contributed by atoms with Gasteiger partial charge in [0.05, 0.1) is 4.90 Å².